The Hall–Kier alpha value is -2.14. The molecule has 1 heterocycles. The molecule has 2 N–H and O–H groups in total. The van der Waals surface area contributed by atoms with Crippen molar-refractivity contribution in [3.63, 3.8) is 0 Å². The van der Waals surface area contributed by atoms with Gasteiger partial charge in [0.15, 0.2) is 0 Å². The molecule has 1 aromatic carbocycles. The summed E-state index contributed by atoms with van der Waals surface area (Å²) in [5, 5.41) is 10.1. The van der Waals surface area contributed by atoms with Crippen LogP contribution in [0.3, 0.4) is 0 Å². The van der Waals surface area contributed by atoms with E-state index >= 15 is 0 Å². The van der Waals surface area contributed by atoms with E-state index in [0.717, 1.165) is 17.1 Å². The summed E-state index contributed by atoms with van der Waals surface area (Å²) < 4.78 is 5.62. The van der Waals surface area contributed by atoms with E-state index in [1.165, 1.54) is 6.33 Å². The molecule has 5 nitrogen and oxygen atoms in total. The fourth-order valence-corrected chi connectivity index (χ4v) is 1.72. The third kappa shape index (κ3) is 3.66. The van der Waals surface area contributed by atoms with Gasteiger partial charge in [0.25, 0.3) is 0 Å². The molecule has 0 aliphatic heterocycles. The number of nitrogens with zero attached hydrogens (tertiary/aromatic N) is 2. The van der Waals surface area contributed by atoms with Crippen LogP contribution in [0.25, 0.3) is 0 Å². The molecule has 1 aromatic heterocycles. The van der Waals surface area contributed by atoms with Crippen molar-refractivity contribution in [1.29, 1.82) is 0 Å². The molecule has 100 valence electrons. The summed E-state index contributed by atoms with van der Waals surface area (Å²) in [6, 6.07) is 8.06. The highest BCUT2D eigenvalue weighted by atomic mass is 16.5. The van der Waals surface area contributed by atoms with E-state index in [-0.39, 0.29) is 6.04 Å². The minimum Gasteiger partial charge on any atom is -0.489 e. The third-order valence-electron chi connectivity index (χ3n) is 2.77. The molecule has 5 heteroatoms. The molecule has 0 bridgehead atoms. The summed E-state index contributed by atoms with van der Waals surface area (Å²) in [4.78, 5) is 4.13. The van der Waals surface area contributed by atoms with Crippen molar-refractivity contribution in [2.75, 3.05) is 6.61 Å². The van der Waals surface area contributed by atoms with Crippen LogP contribution in [0.4, 0.5) is 0 Å². The van der Waals surface area contributed by atoms with E-state index in [2.05, 4.69) is 27.1 Å². The summed E-state index contributed by atoms with van der Waals surface area (Å²) in [5.74, 6) is 1.70. The number of nitrogens with one attached hydrogen (secondary N) is 2. The molecule has 0 aliphatic carbocycles. The molecule has 0 fully saturated rings. The van der Waals surface area contributed by atoms with Gasteiger partial charge in [0.2, 0.25) is 0 Å². The third-order valence-corrected chi connectivity index (χ3v) is 2.77. The maximum absolute atomic E-state index is 5.62. The first-order valence-corrected chi connectivity index (χ1v) is 6.21. The highest BCUT2D eigenvalue weighted by Crippen LogP contribution is 2.18. The fourth-order valence-electron chi connectivity index (χ4n) is 1.72. The summed E-state index contributed by atoms with van der Waals surface area (Å²) in [7, 11) is 0. The van der Waals surface area contributed by atoms with Gasteiger partial charge in [-0.15, -0.1) is 0 Å². The maximum Gasteiger partial charge on any atom is 0.141 e. The lowest BCUT2D eigenvalue weighted by atomic mass is 10.2. The predicted molar refractivity (Wildman–Crippen MR) is 73.8 cm³/mol. The Morgan fingerprint density at radius 2 is 2.32 bits per heavy atom. The Bertz CT molecular complexity index is 510. The molecular weight excluding hydrogens is 240 g/mol. The van der Waals surface area contributed by atoms with Gasteiger partial charge in [-0.25, -0.2) is 4.98 Å². The molecule has 2 rings (SSSR count). The van der Waals surface area contributed by atoms with Crippen LogP contribution in [0.2, 0.25) is 0 Å². The summed E-state index contributed by atoms with van der Waals surface area (Å²) in [6.07, 6.45) is 3.25. The second-order valence-corrected chi connectivity index (χ2v) is 4.18. The number of aromatic nitrogens is 3. The minimum absolute atomic E-state index is 0.106. The number of hydrogen-bond donors (Lipinski definition) is 2. The largest absolute Gasteiger partial charge is 0.489 e. The average Bonchev–Trinajstić information content (AvgIpc) is 2.97. The standard InChI is InChI=1S/C14H18N4O/c1-3-8-19-13-7-5-4-6-12(13)9-15-11(2)14-16-10-17-18-14/h3-7,10-11,15H,1,8-9H2,2H3,(H,16,17,18). The molecule has 1 atom stereocenters. The average molecular weight is 258 g/mol. The van der Waals surface area contributed by atoms with Crippen molar-refractivity contribution in [1.82, 2.24) is 20.5 Å². The Balaban J connectivity index is 1.97. The monoisotopic (exact) mass is 258 g/mol. The second-order valence-electron chi connectivity index (χ2n) is 4.18. The van der Waals surface area contributed by atoms with Crippen molar-refractivity contribution in [2.24, 2.45) is 0 Å². The summed E-state index contributed by atoms with van der Waals surface area (Å²) >= 11 is 0. The highest BCUT2D eigenvalue weighted by molar-refractivity contribution is 5.33. The first kappa shape index (κ1) is 13.3. The molecule has 0 radical (unpaired) electrons. The minimum atomic E-state index is 0.106. The van der Waals surface area contributed by atoms with Gasteiger partial charge >= 0.3 is 0 Å². The molecule has 0 saturated heterocycles. The van der Waals surface area contributed by atoms with Crippen LogP contribution in [0.1, 0.15) is 24.4 Å². The first-order chi connectivity index (χ1) is 9.31. The van der Waals surface area contributed by atoms with Crippen molar-refractivity contribution >= 4 is 0 Å². The van der Waals surface area contributed by atoms with Crippen LogP contribution in [-0.4, -0.2) is 21.8 Å². The Kier molecular flexibility index (Phi) is 4.69. The van der Waals surface area contributed by atoms with E-state index in [4.69, 9.17) is 4.74 Å². The van der Waals surface area contributed by atoms with Gasteiger partial charge in [-0.05, 0) is 13.0 Å². The van der Waals surface area contributed by atoms with Crippen LogP contribution >= 0.6 is 0 Å². The lowest BCUT2D eigenvalue weighted by molar-refractivity contribution is 0.357. The number of aromatic amines is 1. The lowest BCUT2D eigenvalue weighted by Gasteiger charge is -2.14. The number of rotatable bonds is 7. The van der Waals surface area contributed by atoms with Gasteiger partial charge in [0.1, 0.15) is 24.5 Å². The van der Waals surface area contributed by atoms with Crippen LogP contribution in [0.15, 0.2) is 43.2 Å². The van der Waals surface area contributed by atoms with Gasteiger partial charge in [-0.3, -0.25) is 5.10 Å². The number of ether oxygens (including phenoxy) is 1. The summed E-state index contributed by atoms with van der Waals surface area (Å²) in [5.41, 5.74) is 1.11. The molecule has 0 amide bonds. The van der Waals surface area contributed by atoms with E-state index in [1.54, 1.807) is 6.08 Å². The lowest BCUT2D eigenvalue weighted by Crippen LogP contribution is -2.19. The van der Waals surface area contributed by atoms with Gasteiger partial charge in [0, 0.05) is 12.1 Å². The van der Waals surface area contributed by atoms with Gasteiger partial charge < -0.3 is 10.1 Å². The van der Waals surface area contributed by atoms with Crippen LogP contribution in [0.5, 0.6) is 5.75 Å². The molecule has 1 unspecified atom stereocenters. The summed E-state index contributed by atoms with van der Waals surface area (Å²) in [6.45, 7) is 6.90. The van der Waals surface area contributed by atoms with Crippen molar-refractivity contribution < 1.29 is 4.74 Å². The highest BCUT2D eigenvalue weighted by Gasteiger charge is 2.09. The number of para-hydroxylation sites is 1. The van der Waals surface area contributed by atoms with E-state index in [9.17, 15) is 0 Å². The normalized spacial score (nSPS) is 12.1. The zero-order chi connectivity index (χ0) is 13.5. The number of benzene rings is 1. The fraction of sp³-hybridized carbons (Fsp3) is 0.286. The van der Waals surface area contributed by atoms with Crippen molar-refractivity contribution in [3.8, 4) is 5.75 Å². The van der Waals surface area contributed by atoms with Crippen molar-refractivity contribution in [3.05, 3.63) is 54.6 Å². The van der Waals surface area contributed by atoms with Gasteiger partial charge in [-0.1, -0.05) is 30.9 Å². The van der Waals surface area contributed by atoms with Gasteiger partial charge in [0.05, 0.1) is 6.04 Å². The zero-order valence-electron chi connectivity index (χ0n) is 11.0. The van der Waals surface area contributed by atoms with E-state index in [1.807, 2.05) is 31.2 Å². The molecule has 0 aliphatic rings. The van der Waals surface area contributed by atoms with Crippen LogP contribution in [-0.2, 0) is 6.54 Å². The smallest absolute Gasteiger partial charge is 0.141 e. The van der Waals surface area contributed by atoms with E-state index in [0.29, 0.717) is 13.2 Å². The first-order valence-electron chi connectivity index (χ1n) is 6.21. The molecule has 2 aromatic rings. The zero-order valence-corrected chi connectivity index (χ0v) is 11.0. The van der Waals surface area contributed by atoms with E-state index < -0.39 is 0 Å². The molecule has 0 spiro atoms. The quantitative estimate of drug-likeness (QED) is 0.747. The van der Waals surface area contributed by atoms with Crippen LogP contribution < -0.4 is 10.1 Å². The molecule has 0 saturated carbocycles. The topological polar surface area (TPSA) is 62.8 Å². The second kappa shape index (κ2) is 6.70. The predicted octanol–water partition coefficient (Wildman–Crippen LogP) is 2.22. The van der Waals surface area contributed by atoms with Gasteiger partial charge in [-0.2, -0.15) is 5.10 Å². The molecular formula is C14H18N4O. The Morgan fingerprint density at radius 3 is 3.05 bits per heavy atom. The SMILES string of the molecule is C=CCOc1ccccc1CNC(C)c1ncn[nH]1. The number of hydrogen-bond acceptors (Lipinski definition) is 4. The van der Waals surface area contributed by atoms with Crippen molar-refractivity contribution in [2.45, 2.75) is 19.5 Å². The molecule has 19 heavy (non-hydrogen) atoms. The van der Waals surface area contributed by atoms with Crippen LogP contribution in [0, 0.1) is 0 Å². The Labute approximate surface area is 112 Å². The Morgan fingerprint density at radius 1 is 1.47 bits per heavy atom. The maximum atomic E-state index is 5.62. The number of H-pyrrole nitrogens is 1.